The van der Waals surface area contributed by atoms with Gasteiger partial charge in [0.05, 0.1) is 0 Å². The molecule has 5 heteroatoms. The summed E-state index contributed by atoms with van der Waals surface area (Å²) in [6, 6.07) is 4.17. The third kappa shape index (κ3) is 1.76. The van der Waals surface area contributed by atoms with Crippen molar-refractivity contribution in [3.63, 3.8) is 0 Å². The van der Waals surface area contributed by atoms with Crippen LogP contribution in [0.5, 0.6) is 0 Å². The second kappa shape index (κ2) is 4.00. The van der Waals surface area contributed by atoms with Crippen molar-refractivity contribution in [2.24, 2.45) is 0 Å². The predicted octanol–water partition coefficient (Wildman–Crippen LogP) is 2.44. The lowest BCUT2D eigenvalue weighted by Crippen LogP contribution is -2.13. The van der Waals surface area contributed by atoms with Crippen molar-refractivity contribution in [2.75, 3.05) is 0 Å². The molecule has 0 aliphatic heterocycles. The Morgan fingerprint density at radius 1 is 1.59 bits per heavy atom. The minimum Gasteiger partial charge on any atom is -0.476 e. The molecule has 2 aromatic heterocycles. The van der Waals surface area contributed by atoms with Gasteiger partial charge in [0, 0.05) is 16.1 Å². The minimum absolute atomic E-state index is 0.196. The van der Waals surface area contributed by atoms with Gasteiger partial charge in [-0.15, -0.1) is 11.3 Å². The molecule has 0 fully saturated rings. The molecule has 2 heterocycles. The summed E-state index contributed by atoms with van der Waals surface area (Å²) in [5.41, 5.74) is 2.08. The summed E-state index contributed by atoms with van der Waals surface area (Å²) in [4.78, 5) is 12.4. The van der Waals surface area contributed by atoms with Gasteiger partial charge in [-0.3, -0.25) is 5.10 Å². The van der Waals surface area contributed by atoms with Crippen molar-refractivity contribution in [1.29, 1.82) is 0 Å². The number of hydrogen-bond donors (Lipinski definition) is 2. The molecule has 3 rings (SSSR count). The Balaban J connectivity index is 1.94. The topological polar surface area (TPSA) is 66.0 Å². The fraction of sp³-hybridized carbons (Fsp3) is 0.333. The molecule has 0 amide bonds. The summed E-state index contributed by atoms with van der Waals surface area (Å²) in [5, 5.41) is 17.9. The second-order valence-electron chi connectivity index (χ2n) is 4.29. The van der Waals surface area contributed by atoms with Gasteiger partial charge in [0.2, 0.25) is 0 Å². The van der Waals surface area contributed by atoms with E-state index in [-0.39, 0.29) is 5.69 Å². The van der Waals surface area contributed by atoms with Gasteiger partial charge in [0.1, 0.15) is 0 Å². The molecule has 1 aliphatic carbocycles. The summed E-state index contributed by atoms with van der Waals surface area (Å²) in [6.45, 7) is 0. The average molecular weight is 248 g/mol. The second-order valence-corrected chi connectivity index (χ2v) is 5.27. The normalized spacial score (nSPS) is 18.9. The molecule has 2 aromatic rings. The maximum Gasteiger partial charge on any atom is 0.356 e. The average Bonchev–Trinajstić information content (AvgIpc) is 2.97. The minimum atomic E-state index is -0.936. The highest BCUT2D eigenvalue weighted by molar-refractivity contribution is 7.10. The number of nitrogens with one attached hydrogen (secondary N) is 1. The Labute approximate surface area is 102 Å². The van der Waals surface area contributed by atoms with Crippen molar-refractivity contribution in [3.8, 4) is 0 Å². The molecule has 0 saturated carbocycles. The lowest BCUT2D eigenvalue weighted by molar-refractivity contribution is 0.0689. The van der Waals surface area contributed by atoms with Crippen LogP contribution in [-0.4, -0.2) is 21.3 Å². The van der Waals surface area contributed by atoms with Gasteiger partial charge in [-0.05, 0) is 36.6 Å². The summed E-state index contributed by atoms with van der Waals surface area (Å²) < 4.78 is 0. The number of aromatic amines is 1. The number of aromatic nitrogens is 2. The first-order valence-electron chi connectivity index (χ1n) is 5.58. The van der Waals surface area contributed by atoms with Crippen LogP contribution in [0.25, 0.3) is 0 Å². The van der Waals surface area contributed by atoms with Gasteiger partial charge >= 0.3 is 5.97 Å². The lowest BCUT2D eigenvalue weighted by Gasteiger charge is -2.20. The van der Waals surface area contributed by atoms with Gasteiger partial charge in [-0.25, -0.2) is 4.79 Å². The van der Waals surface area contributed by atoms with Crippen LogP contribution in [0.3, 0.4) is 0 Å². The molecule has 0 saturated heterocycles. The van der Waals surface area contributed by atoms with Crippen molar-refractivity contribution < 1.29 is 9.90 Å². The molecule has 2 N–H and O–H groups in total. The Kier molecular flexibility index (Phi) is 2.48. The van der Waals surface area contributed by atoms with E-state index < -0.39 is 5.97 Å². The monoisotopic (exact) mass is 248 g/mol. The summed E-state index contributed by atoms with van der Waals surface area (Å²) in [7, 11) is 0. The predicted molar refractivity (Wildman–Crippen MR) is 64.6 cm³/mol. The van der Waals surface area contributed by atoms with Crippen LogP contribution in [0.2, 0.25) is 0 Å². The van der Waals surface area contributed by atoms with E-state index in [0.717, 1.165) is 30.5 Å². The van der Waals surface area contributed by atoms with E-state index in [1.165, 1.54) is 4.88 Å². The number of aromatic carboxylic acids is 1. The van der Waals surface area contributed by atoms with E-state index in [4.69, 9.17) is 5.11 Å². The molecule has 0 radical (unpaired) electrons. The van der Waals surface area contributed by atoms with Crippen LogP contribution in [-0.2, 0) is 12.8 Å². The number of thiophene rings is 1. The van der Waals surface area contributed by atoms with Crippen molar-refractivity contribution >= 4 is 17.3 Å². The highest BCUT2D eigenvalue weighted by atomic mass is 32.1. The van der Waals surface area contributed by atoms with Gasteiger partial charge in [0.15, 0.2) is 5.69 Å². The smallest absolute Gasteiger partial charge is 0.356 e. The third-order valence-electron chi connectivity index (χ3n) is 3.29. The van der Waals surface area contributed by atoms with E-state index in [1.54, 1.807) is 11.3 Å². The molecule has 1 atom stereocenters. The van der Waals surface area contributed by atoms with Gasteiger partial charge in [-0.1, -0.05) is 6.07 Å². The number of aryl methyl sites for hydroxylation is 1. The molecule has 0 bridgehead atoms. The number of rotatable bonds is 2. The number of fused-ring (bicyclic) bond motifs is 1. The van der Waals surface area contributed by atoms with Crippen LogP contribution in [0.1, 0.15) is 39.0 Å². The number of H-pyrrole nitrogens is 1. The molecule has 0 aromatic carbocycles. The van der Waals surface area contributed by atoms with E-state index >= 15 is 0 Å². The molecule has 17 heavy (non-hydrogen) atoms. The Morgan fingerprint density at radius 3 is 3.18 bits per heavy atom. The Hall–Kier alpha value is -1.62. The fourth-order valence-electron chi connectivity index (χ4n) is 2.44. The largest absolute Gasteiger partial charge is 0.476 e. The highest BCUT2D eigenvalue weighted by Gasteiger charge is 2.27. The fourth-order valence-corrected chi connectivity index (χ4v) is 3.30. The molecule has 1 unspecified atom stereocenters. The maximum absolute atomic E-state index is 11.0. The standard InChI is InChI=1S/C12H12N2O2S/c15-12(16)11-8-6-7(10-2-1-5-17-10)3-4-9(8)13-14-11/h1-2,5,7H,3-4,6H2,(H,13,14)(H,15,16). The number of carboxylic acid groups (broad SMARTS) is 1. The van der Waals surface area contributed by atoms with E-state index in [0.29, 0.717) is 5.92 Å². The zero-order valence-corrected chi connectivity index (χ0v) is 9.96. The van der Waals surface area contributed by atoms with Crippen molar-refractivity contribution in [2.45, 2.75) is 25.2 Å². The van der Waals surface area contributed by atoms with Gasteiger partial charge in [0.25, 0.3) is 0 Å². The number of nitrogens with zero attached hydrogens (tertiary/aromatic N) is 1. The SMILES string of the molecule is O=C(O)c1n[nH]c2c1CC(c1cccs1)CC2. The third-order valence-corrected chi connectivity index (χ3v) is 4.33. The first-order chi connectivity index (χ1) is 8.25. The molecule has 88 valence electrons. The molecular weight excluding hydrogens is 236 g/mol. The lowest BCUT2D eigenvalue weighted by atomic mass is 9.85. The summed E-state index contributed by atoms with van der Waals surface area (Å²) in [6.07, 6.45) is 2.74. The maximum atomic E-state index is 11.0. The quantitative estimate of drug-likeness (QED) is 0.857. The van der Waals surface area contributed by atoms with Crippen LogP contribution in [0, 0.1) is 0 Å². The van der Waals surface area contributed by atoms with Crippen LogP contribution in [0.15, 0.2) is 17.5 Å². The van der Waals surface area contributed by atoms with Gasteiger partial charge in [-0.2, -0.15) is 5.10 Å². The Bertz CT molecular complexity index is 545. The van der Waals surface area contributed by atoms with Crippen LogP contribution < -0.4 is 0 Å². The first kappa shape index (κ1) is 10.5. The van der Waals surface area contributed by atoms with Crippen molar-refractivity contribution in [3.05, 3.63) is 39.3 Å². The zero-order chi connectivity index (χ0) is 11.8. The van der Waals surface area contributed by atoms with Gasteiger partial charge < -0.3 is 5.11 Å². The van der Waals surface area contributed by atoms with Crippen molar-refractivity contribution in [1.82, 2.24) is 10.2 Å². The highest BCUT2D eigenvalue weighted by Crippen LogP contribution is 2.35. The molecule has 1 aliphatic rings. The zero-order valence-electron chi connectivity index (χ0n) is 9.14. The van der Waals surface area contributed by atoms with E-state index in [9.17, 15) is 4.79 Å². The molecule has 4 nitrogen and oxygen atoms in total. The summed E-state index contributed by atoms with van der Waals surface area (Å²) in [5.74, 6) is -0.493. The molecule has 0 spiro atoms. The van der Waals surface area contributed by atoms with Crippen LogP contribution >= 0.6 is 11.3 Å². The van der Waals surface area contributed by atoms with E-state index in [1.807, 2.05) is 6.07 Å². The Morgan fingerprint density at radius 2 is 2.47 bits per heavy atom. The van der Waals surface area contributed by atoms with E-state index in [2.05, 4.69) is 21.6 Å². The number of carbonyl (C=O) groups is 1. The number of carboxylic acids is 1. The summed E-state index contributed by atoms with van der Waals surface area (Å²) >= 11 is 1.74. The number of hydrogen-bond acceptors (Lipinski definition) is 3. The molecular formula is C12H12N2O2S. The first-order valence-corrected chi connectivity index (χ1v) is 6.46. The van der Waals surface area contributed by atoms with Crippen LogP contribution in [0.4, 0.5) is 0 Å².